The van der Waals surface area contributed by atoms with Crippen molar-refractivity contribution in [1.29, 1.82) is 0 Å². The molecule has 3 heterocycles. The molecule has 3 rings (SSSR count). The number of carbonyl (C=O) groups is 1. The third kappa shape index (κ3) is 1.43. The van der Waals surface area contributed by atoms with E-state index in [4.69, 9.17) is 0 Å². The summed E-state index contributed by atoms with van der Waals surface area (Å²) in [6.07, 6.45) is 4.13. The van der Waals surface area contributed by atoms with E-state index in [-0.39, 0.29) is 5.91 Å². The van der Waals surface area contributed by atoms with E-state index in [0.29, 0.717) is 18.3 Å². The average molecular weight is 220 g/mol. The second-order valence-corrected chi connectivity index (χ2v) is 4.66. The Morgan fingerprint density at radius 3 is 2.94 bits per heavy atom. The van der Waals surface area contributed by atoms with Gasteiger partial charge in [0.15, 0.2) is 5.69 Å². The maximum Gasteiger partial charge on any atom is 0.272 e. The Hall–Kier alpha value is -1.36. The van der Waals surface area contributed by atoms with Gasteiger partial charge >= 0.3 is 0 Å². The van der Waals surface area contributed by atoms with Gasteiger partial charge in [0.25, 0.3) is 5.91 Å². The van der Waals surface area contributed by atoms with Gasteiger partial charge < -0.3 is 14.8 Å². The molecule has 86 valence electrons. The van der Waals surface area contributed by atoms with Gasteiger partial charge in [-0.3, -0.25) is 4.79 Å². The maximum atomic E-state index is 11.4. The number of nitrogens with zero attached hydrogens (tertiary/aromatic N) is 3. The van der Waals surface area contributed by atoms with Gasteiger partial charge in [-0.15, -0.1) is 0 Å². The third-order valence-corrected chi connectivity index (χ3v) is 3.61. The van der Waals surface area contributed by atoms with Crippen LogP contribution in [0.3, 0.4) is 0 Å². The van der Waals surface area contributed by atoms with E-state index in [1.807, 2.05) is 6.33 Å². The topological polar surface area (TPSA) is 50.2 Å². The summed E-state index contributed by atoms with van der Waals surface area (Å²) in [6, 6.07) is 0.514. The van der Waals surface area contributed by atoms with Gasteiger partial charge in [-0.2, -0.15) is 0 Å². The molecule has 2 aliphatic rings. The van der Waals surface area contributed by atoms with Crippen molar-refractivity contribution < 1.29 is 4.79 Å². The first-order valence-electron chi connectivity index (χ1n) is 5.78. The van der Waals surface area contributed by atoms with E-state index in [1.54, 1.807) is 0 Å². The average Bonchev–Trinajstić information content (AvgIpc) is 2.84. The van der Waals surface area contributed by atoms with Crippen LogP contribution in [0.2, 0.25) is 0 Å². The Balaban J connectivity index is 1.85. The molecule has 0 aromatic carbocycles. The Labute approximate surface area is 94.4 Å². The number of imidazole rings is 1. The lowest BCUT2D eigenvalue weighted by molar-refractivity contribution is 0.0961. The predicted molar refractivity (Wildman–Crippen MR) is 59.2 cm³/mol. The molecule has 0 bridgehead atoms. The summed E-state index contributed by atoms with van der Waals surface area (Å²) in [7, 11) is 2.15. The van der Waals surface area contributed by atoms with Crippen LogP contribution in [0.4, 0.5) is 0 Å². The zero-order valence-corrected chi connectivity index (χ0v) is 9.44. The van der Waals surface area contributed by atoms with Crippen molar-refractivity contribution in [2.45, 2.75) is 25.4 Å². The summed E-state index contributed by atoms with van der Waals surface area (Å²) in [5.74, 6) is -0.0262. The summed E-state index contributed by atoms with van der Waals surface area (Å²) >= 11 is 0. The standard InChI is InChI=1S/C11H16N4O/c1-14-4-2-8(3-5-14)15-7-13-10-9(15)6-12-11(10)16/h7-8H,2-6H2,1H3,(H,12,16). The molecule has 5 nitrogen and oxygen atoms in total. The van der Waals surface area contributed by atoms with Crippen LogP contribution in [-0.2, 0) is 6.54 Å². The summed E-state index contributed by atoms with van der Waals surface area (Å²) in [5, 5.41) is 2.82. The fourth-order valence-corrected chi connectivity index (χ4v) is 2.59. The Bertz CT molecular complexity index is 418. The normalized spacial score (nSPS) is 22.2. The summed E-state index contributed by atoms with van der Waals surface area (Å²) < 4.78 is 2.19. The number of hydrogen-bond donors (Lipinski definition) is 1. The van der Waals surface area contributed by atoms with Gasteiger partial charge in [-0.25, -0.2) is 4.98 Å². The van der Waals surface area contributed by atoms with Gasteiger partial charge in [-0.1, -0.05) is 0 Å². The molecular formula is C11H16N4O. The number of aromatic nitrogens is 2. The van der Waals surface area contributed by atoms with E-state index in [0.717, 1.165) is 31.6 Å². The van der Waals surface area contributed by atoms with Crippen molar-refractivity contribution in [3.8, 4) is 0 Å². The molecule has 0 radical (unpaired) electrons. The van der Waals surface area contributed by atoms with E-state index in [1.165, 1.54) is 0 Å². The number of fused-ring (bicyclic) bond motifs is 1. The minimum atomic E-state index is -0.0262. The Morgan fingerprint density at radius 2 is 2.19 bits per heavy atom. The number of carbonyl (C=O) groups excluding carboxylic acids is 1. The molecule has 0 saturated carbocycles. The molecule has 0 atom stereocenters. The van der Waals surface area contributed by atoms with Crippen LogP contribution >= 0.6 is 0 Å². The van der Waals surface area contributed by atoms with Crippen molar-refractivity contribution in [3.63, 3.8) is 0 Å². The van der Waals surface area contributed by atoms with E-state index < -0.39 is 0 Å². The van der Waals surface area contributed by atoms with Crippen molar-refractivity contribution in [2.24, 2.45) is 0 Å². The SMILES string of the molecule is CN1CCC(n2cnc3c2CNC3=O)CC1. The van der Waals surface area contributed by atoms with Gasteiger partial charge in [0, 0.05) is 6.04 Å². The minimum Gasteiger partial charge on any atom is -0.345 e. The number of amides is 1. The molecule has 1 saturated heterocycles. The predicted octanol–water partition coefficient (Wildman–Crippen LogP) is 0.393. The fraction of sp³-hybridized carbons (Fsp3) is 0.636. The highest BCUT2D eigenvalue weighted by atomic mass is 16.2. The van der Waals surface area contributed by atoms with Crippen molar-refractivity contribution in [3.05, 3.63) is 17.7 Å². The third-order valence-electron chi connectivity index (χ3n) is 3.61. The van der Waals surface area contributed by atoms with Crippen molar-refractivity contribution in [2.75, 3.05) is 20.1 Å². The molecule has 1 aromatic rings. The first-order chi connectivity index (χ1) is 7.75. The molecule has 1 aromatic heterocycles. The van der Waals surface area contributed by atoms with Crippen molar-refractivity contribution >= 4 is 5.91 Å². The number of piperidine rings is 1. The maximum absolute atomic E-state index is 11.4. The molecule has 2 aliphatic heterocycles. The highest BCUT2D eigenvalue weighted by Crippen LogP contribution is 2.26. The number of hydrogen-bond acceptors (Lipinski definition) is 3. The molecule has 1 fully saturated rings. The number of rotatable bonds is 1. The second kappa shape index (κ2) is 3.59. The zero-order valence-electron chi connectivity index (χ0n) is 9.44. The second-order valence-electron chi connectivity index (χ2n) is 4.66. The lowest BCUT2D eigenvalue weighted by atomic mass is 10.1. The van der Waals surface area contributed by atoms with Crippen molar-refractivity contribution in [1.82, 2.24) is 19.8 Å². The van der Waals surface area contributed by atoms with Gasteiger partial charge in [0.2, 0.25) is 0 Å². The lowest BCUT2D eigenvalue weighted by Crippen LogP contribution is -2.31. The van der Waals surface area contributed by atoms with Gasteiger partial charge in [0.05, 0.1) is 18.6 Å². The van der Waals surface area contributed by atoms with E-state index in [2.05, 4.69) is 26.8 Å². The van der Waals surface area contributed by atoms with Crippen LogP contribution in [0.25, 0.3) is 0 Å². The van der Waals surface area contributed by atoms with E-state index in [9.17, 15) is 4.79 Å². The quantitative estimate of drug-likeness (QED) is 0.745. The summed E-state index contributed by atoms with van der Waals surface area (Å²) in [6.45, 7) is 2.89. The number of likely N-dealkylation sites (tertiary alicyclic amines) is 1. The van der Waals surface area contributed by atoms with Crippen LogP contribution in [0.15, 0.2) is 6.33 Å². The van der Waals surface area contributed by atoms with Crippen LogP contribution in [0.5, 0.6) is 0 Å². The first kappa shape index (κ1) is 9.84. The van der Waals surface area contributed by atoms with Crippen LogP contribution in [0, 0.1) is 0 Å². The molecule has 5 heteroatoms. The summed E-state index contributed by atoms with van der Waals surface area (Å²) in [5.41, 5.74) is 1.69. The highest BCUT2D eigenvalue weighted by molar-refractivity contribution is 5.95. The molecule has 1 N–H and O–H groups in total. The van der Waals surface area contributed by atoms with Gasteiger partial charge in [-0.05, 0) is 33.0 Å². The highest BCUT2D eigenvalue weighted by Gasteiger charge is 2.28. The lowest BCUT2D eigenvalue weighted by Gasteiger charge is -2.30. The minimum absolute atomic E-state index is 0.0262. The zero-order chi connectivity index (χ0) is 11.1. The summed E-state index contributed by atoms with van der Waals surface area (Å²) in [4.78, 5) is 18.0. The van der Waals surface area contributed by atoms with Gasteiger partial charge in [0.1, 0.15) is 0 Å². The number of nitrogens with one attached hydrogen (secondary N) is 1. The Morgan fingerprint density at radius 1 is 1.44 bits per heavy atom. The first-order valence-corrected chi connectivity index (χ1v) is 5.78. The monoisotopic (exact) mass is 220 g/mol. The van der Waals surface area contributed by atoms with Crippen LogP contribution in [-0.4, -0.2) is 40.5 Å². The molecule has 0 unspecified atom stereocenters. The molecule has 0 spiro atoms. The fourth-order valence-electron chi connectivity index (χ4n) is 2.59. The molecule has 0 aliphatic carbocycles. The van der Waals surface area contributed by atoms with Crippen LogP contribution < -0.4 is 5.32 Å². The largest absolute Gasteiger partial charge is 0.345 e. The van der Waals surface area contributed by atoms with Crippen LogP contribution in [0.1, 0.15) is 35.1 Å². The Kier molecular flexibility index (Phi) is 2.21. The van der Waals surface area contributed by atoms with E-state index >= 15 is 0 Å². The molecule has 16 heavy (non-hydrogen) atoms. The molecule has 1 amide bonds. The smallest absolute Gasteiger partial charge is 0.272 e. The molecular weight excluding hydrogens is 204 g/mol.